The summed E-state index contributed by atoms with van der Waals surface area (Å²) in [5, 5.41) is 9.62. The molecule has 1 aromatic heterocycles. The van der Waals surface area contributed by atoms with Gasteiger partial charge in [-0.3, -0.25) is 9.36 Å². The fourth-order valence-corrected chi connectivity index (χ4v) is 1.97. The van der Waals surface area contributed by atoms with E-state index in [2.05, 4.69) is 4.98 Å². The van der Waals surface area contributed by atoms with Crippen LogP contribution in [-0.4, -0.2) is 52.6 Å². The van der Waals surface area contributed by atoms with Crippen molar-refractivity contribution in [1.29, 1.82) is 0 Å². The maximum atomic E-state index is 15.0. The van der Waals surface area contributed by atoms with Crippen molar-refractivity contribution in [2.24, 2.45) is 11.7 Å². The van der Waals surface area contributed by atoms with E-state index in [0.717, 1.165) is 6.20 Å². The lowest BCUT2D eigenvalue weighted by molar-refractivity contribution is -0.196. The van der Waals surface area contributed by atoms with Gasteiger partial charge >= 0.3 is 11.7 Å². The highest BCUT2D eigenvalue weighted by atomic mass is 19.1. The van der Waals surface area contributed by atoms with Gasteiger partial charge in [-0.25, -0.2) is 9.18 Å². The van der Waals surface area contributed by atoms with Crippen LogP contribution in [0, 0.1) is 5.92 Å². The second-order valence-corrected chi connectivity index (χ2v) is 5.56. The second-order valence-electron chi connectivity index (χ2n) is 5.56. The molecule has 3 atom stereocenters. The van der Waals surface area contributed by atoms with E-state index in [-0.39, 0.29) is 12.4 Å². The Hall–Kier alpha value is -2.04. The number of carbonyl (C=O) groups excluding carboxylic acids is 1. The van der Waals surface area contributed by atoms with Crippen molar-refractivity contribution in [1.82, 2.24) is 9.55 Å². The van der Waals surface area contributed by atoms with Gasteiger partial charge in [0.15, 0.2) is 6.10 Å². The fraction of sp³-hybridized carbons (Fsp3) is 0.643. The number of ether oxygens (including phenoxy) is 2. The molecule has 0 aliphatic heterocycles. The summed E-state index contributed by atoms with van der Waals surface area (Å²) in [6.45, 7) is 2.03. The number of hydrogen-bond donors (Lipinski definition) is 3. The fourth-order valence-electron chi connectivity index (χ4n) is 1.97. The molecule has 1 rings (SSSR count). The summed E-state index contributed by atoms with van der Waals surface area (Å²) in [6.07, 6.45) is -2.79. The molecule has 0 unspecified atom stereocenters. The summed E-state index contributed by atoms with van der Waals surface area (Å²) in [6, 6.07) is 1.21. The van der Waals surface area contributed by atoms with Crippen LogP contribution in [0.3, 0.4) is 0 Å². The average molecular weight is 346 g/mol. The number of alkyl halides is 1. The van der Waals surface area contributed by atoms with Crippen LogP contribution in [0.2, 0.25) is 0 Å². The Morgan fingerprint density at radius 3 is 2.58 bits per heavy atom. The number of aliphatic hydroxyl groups is 1. The second kappa shape index (κ2) is 8.18. The number of nitrogen functional groups attached to an aromatic ring is 1. The van der Waals surface area contributed by atoms with Crippen molar-refractivity contribution in [2.45, 2.75) is 31.8 Å². The van der Waals surface area contributed by atoms with Crippen molar-refractivity contribution < 1.29 is 23.8 Å². The average Bonchev–Trinajstić information content (AvgIpc) is 2.55. The molecule has 0 aliphatic rings. The smallest absolute Gasteiger partial charge is 0.351 e. The maximum Gasteiger partial charge on any atom is 0.351 e. The molecule has 136 valence electrons. The Morgan fingerprint density at radius 1 is 1.54 bits per heavy atom. The summed E-state index contributed by atoms with van der Waals surface area (Å²) in [5.41, 5.74) is 8.26. The Labute approximate surface area is 138 Å². The summed E-state index contributed by atoms with van der Waals surface area (Å²) in [5.74, 6) is -1.38. The number of methoxy groups -OCH3 is 1. The number of halogens is 1. The number of nitrogens with zero attached hydrogens (tertiary/aromatic N) is 2. The predicted octanol–water partition coefficient (Wildman–Crippen LogP) is -0.802. The number of nitrogens with two attached hydrogens (primary N) is 2. The predicted molar refractivity (Wildman–Crippen MR) is 83.7 cm³/mol. The summed E-state index contributed by atoms with van der Waals surface area (Å²) >= 11 is 0. The van der Waals surface area contributed by atoms with Crippen LogP contribution in [0.15, 0.2) is 17.1 Å². The zero-order valence-corrected chi connectivity index (χ0v) is 13.8. The molecule has 24 heavy (non-hydrogen) atoms. The third-order valence-corrected chi connectivity index (χ3v) is 3.62. The van der Waals surface area contributed by atoms with Gasteiger partial charge in [0.05, 0.1) is 12.5 Å². The molecule has 0 spiro atoms. The molecule has 5 N–H and O–H groups in total. The molecule has 1 aromatic rings. The Bertz CT molecular complexity index is 609. The first-order valence-corrected chi connectivity index (χ1v) is 7.27. The van der Waals surface area contributed by atoms with Crippen LogP contribution >= 0.6 is 0 Å². The lowest BCUT2D eigenvalue weighted by Gasteiger charge is -2.38. The van der Waals surface area contributed by atoms with E-state index in [0.29, 0.717) is 4.57 Å². The molecule has 0 fully saturated rings. The molecule has 1 heterocycles. The molecule has 0 saturated heterocycles. The van der Waals surface area contributed by atoms with Gasteiger partial charge in [0.25, 0.3) is 0 Å². The van der Waals surface area contributed by atoms with Crippen LogP contribution in [0.5, 0.6) is 0 Å². The van der Waals surface area contributed by atoms with Gasteiger partial charge in [-0.05, 0) is 6.07 Å². The van der Waals surface area contributed by atoms with E-state index in [4.69, 9.17) is 20.9 Å². The van der Waals surface area contributed by atoms with E-state index >= 15 is 4.39 Å². The zero-order valence-electron chi connectivity index (χ0n) is 13.8. The zero-order chi connectivity index (χ0) is 18.5. The van der Waals surface area contributed by atoms with Crippen LogP contribution in [0.1, 0.15) is 20.1 Å². The number of aromatic nitrogens is 2. The molecule has 0 radical (unpaired) electrons. The number of rotatable bonds is 8. The Kier molecular flexibility index (Phi) is 6.81. The van der Waals surface area contributed by atoms with E-state index < -0.39 is 42.2 Å². The number of anilines is 1. The first-order chi connectivity index (χ1) is 11.2. The normalized spacial score (nSPS) is 16.5. The highest BCUT2D eigenvalue weighted by Crippen LogP contribution is 2.28. The molecule has 0 bridgehead atoms. The molecule has 0 saturated carbocycles. The van der Waals surface area contributed by atoms with Gasteiger partial charge in [0.1, 0.15) is 11.4 Å². The minimum atomic E-state index is -2.19. The van der Waals surface area contributed by atoms with Crippen molar-refractivity contribution in [3.05, 3.63) is 22.7 Å². The highest BCUT2D eigenvalue weighted by Gasteiger charge is 2.47. The van der Waals surface area contributed by atoms with Crippen LogP contribution in [0.25, 0.3) is 0 Å². The molecule has 0 aliphatic carbocycles. The Morgan fingerprint density at radius 2 is 2.17 bits per heavy atom. The quantitative estimate of drug-likeness (QED) is 0.519. The van der Waals surface area contributed by atoms with E-state index in [1.807, 2.05) is 0 Å². The molecular weight excluding hydrogens is 323 g/mol. The largest absolute Gasteiger partial charge is 0.454 e. The van der Waals surface area contributed by atoms with Crippen molar-refractivity contribution in [3.8, 4) is 0 Å². The van der Waals surface area contributed by atoms with E-state index in [1.165, 1.54) is 13.2 Å². The number of hydrogen-bond acceptors (Lipinski definition) is 8. The van der Waals surface area contributed by atoms with Gasteiger partial charge in [0, 0.05) is 19.9 Å². The van der Waals surface area contributed by atoms with E-state index in [9.17, 15) is 14.7 Å². The third kappa shape index (κ3) is 4.08. The minimum Gasteiger partial charge on any atom is -0.454 e. The van der Waals surface area contributed by atoms with Crippen LogP contribution in [0.4, 0.5) is 10.2 Å². The summed E-state index contributed by atoms with van der Waals surface area (Å²) < 4.78 is 25.9. The summed E-state index contributed by atoms with van der Waals surface area (Å²) in [4.78, 5) is 27.2. The van der Waals surface area contributed by atoms with Crippen molar-refractivity contribution in [3.63, 3.8) is 0 Å². The SMILES string of the molecule is CO[C@](CN)(CO)[C@@H](OC(=O)C(C)C)[C@@H](F)n1ccc(N)nc1=O. The molecule has 9 nitrogen and oxygen atoms in total. The Balaban J connectivity index is 3.34. The third-order valence-electron chi connectivity index (χ3n) is 3.62. The number of aliphatic hydroxyl groups excluding tert-OH is 1. The molecule has 0 aromatic carbocycles. The monoisotopic (exact) mass is 346 g/mol. The topological polar surface area (TPSA) is 143 Å². The van der Waals surface area contributed by atoms with Gasteiger partial charge in [0.2, 0.25) is 6.30 Å². The van der Waals surface area contributed by atoms with Crippen molar-refractivity contribution in [2.75, 3.05) is 26.0 Å². The lowest BCUT2D eigenvalue weighted by atomic mass is 9.95. The first-order valence-electron chi connectivity index (χ1n) is 7.27. The van der Waals surface area contributed by atoms with Gasteiger partial charge in [-0.2, -0.15) is 4.98 Å². The first kappa shape index (κ1) is 20.0. The van der Waals surface area contributed by atoms with Crippen molar-refractivity contribution >= 4 is 11.8 Å². The highest BCUT2D eigenvalue weighted by molar-refractivity contribution is 5.71. The molecule has 10 heteroatoms. The van der Waals surface area contributed by atoms with Gasteiger partial charge in [-0.15, -0.1) is 0 Å². The number of carbonyl (C=O) groups is 1. The number of esters is 1. The maximum absolute atomic E-state index is 15.0. The van der Waals surface area contributed by atoms with Gasteiger partial charge in [-0.1, -0.05) is 13.8 Å². The summed E-state index contributed by atoms with van der Waals surface area (Å²) in [7, 11) is 1.19. The molecular formula is C14H23FN4O5. The van der Waals surface area contributed by atoms with Crippen LogP contribution < -0.4 is 17.2 Å². The minimum absolute atomic E-state index is 0.0850. The lowest BCUT2D eigenvalue weighted by Crippen LogP contribution is -2.58. The van der Waals surface area contributed by atoms with E-state index in [1.54, 1.807) is 13.8 Å². The molecule has 0 amide bonds. The van der Waals surface area contributed by atoms with Gasteiger partial charge < -0.3 is 26.0 Å². The standard InChI is InChI=1S/C14H23FN4O5/c1-8(2)12(21)24-10(14(6-16,7-20)23-3)11(15)19-5-4-9(17)18-13(19)22/h4-5,8,10-11,20H,6-7,16H2,1-3H3,(H2,17,18,22)/t10-,11-,14+/m0/s1. The van der Waals surface area contributed by atoms with Crippen LogP contribution in [-0.2, 0) is 14.3 Å².